The van der Waals surface area contributed by atoms with Gasteiger partial charge in [-0.05, 0) is 119 Å². The molecule has 5 N–H and O–H groups in total. The van der Waals surface area contributed by atoms with E-state index in [9.17, 15) is 33.6 Å². The van der Waals surface area contributed by atoms with Crippen molar-refractivity contribution in [2.45, 2.75) is 130 Å². The Labute approximate surface area is 605 Å². The standard InChI is InChI=1S/C19H21ClN4O4.C14H13ClN4O2.C11H8ClN3O2.C10H18O5.C8H15NO3.C3H7NO.2ClH/c1-19(2,3)28-18(26)23-10-15(11-23)27-16(25)7-8-24-12-21-17(22-24)13-5-4-6-14(20)9-13;15-11-3-1-2-10(6-11)14-17-9-19(18-14)5-4-13(20)21-12-7-16-8-12;12-9-3-1-2-8(6-9)11-13-7-15(14-11)5-4-10(16)17;1-9(2,3)14-7(11)13-8(12)15-10(4,5)6;1-8(2,3)12-7(11)9-4-6(10)5-9;5-3-1-4-2-3;;/h4-9,12,15H,10-11H2,1-3H3;1-6,9,12,16H,7-8H2;1-7H,(H,16,17);1-6H3;6,10H,4-5H2,1-3H3;3-5H,1-2H2;2*1H/b8-7-;2*5-4-;;;;;. The van der Waals surface area contributed by atoms with Gasteiger partial charge >= 0.3 is 42.4 Å². The number of carbonyl (C=O) groups excluding carboxylic acids is 6. The number of esters is 2. The number of rotatable bonds is 11. The molecule has 30 nitrogen and oxygen atoms in total. The number of benzene rings is 3. The number of aromatic nitrogens is 9. The zero-order chi connectivity index (χ0) is 72.5. The monoisotopic (exact) mass is 1490 g/mol. The average molecular weight is 1500 g/mol. The summed E-state index contributed by atoms with van der Waals surface area (Å²) in [7, 11) is 0. The molecule has 4 saturated heterocycles. The lowest BCUT2D eigenvalue weighted by molar-refractivity contribution is -0.150. The van der Waals surface area contributed by atoms with Crippen LogP contribution in [0.2, 0.25) is 15.1 Å². The van der Waals surface area contributed by atoms with Gasteiger partial charge in [-0.2, -0.15) is 0 Å². The number of nitrogens with one attached hydrogen (secondary N) is 2. The van der Waals surface area contributed by atoms with Crippen molar-refractivity contribution in [1.29, 1.82) is 0 Å². The second kappa shape index (κ2) is 39.9. The fourth-order valence-corrected chi connectivity index (χ4v) is 7.86. The van der Waals surface area contributed by atoms with E-state index in [0.717, 1.165) is 35.9 Å². The van der Waals surface area contributed by atoms with E-state index in [1.54, 1.807) is 105 Å². The van der Waals surface area contributed by atoms with Crippen molar-refractivity contribution in [2.75, 3.05) is 52.4 Å². The van der Waals surface area contributed by atoms with Crippen molar-refractivity contribution in [3.8, 4) is 34.2 Å². The number of carbonyl (C=O) groups is 7. The smallest absolute Gasteiger partial charge is 0.478 e. The number of amides is 2. The first-order valence-electron chi connectivity index (χ1n) is 30.4. The van der Waals surface area contributed by atoms with Gasteiger partial charge in [-0.3, -0.25) is 0 Å². The molecular weight excluding hydrogens is 1410 g/mol. The zero-order valence-corrected chi connectivity index (χ0v) is 60.9. The number of hydrogen-bond acceptors (Lipinski definition) is 24. The molecule has 0 saturated carbocycles. The summed E-state index contributed by atoms with van der Waals surface area (Å²) in [4.78, 5) is 94.2. The second-order valence-electron chi connectivity index (χ2n) is 25.5. The Kier molecular flexibility index (Phi) is 34.1. The highest BCUT2D eigenvalue weighted by atomic mass is 35.5. The van der Waals surface area contributed by atoms with Gasteiger partial charge in [0.15, 0.2) is 17.5 Å². The first-order chi connectivity index (χ1) is 45.8. The number of halogens is 5. The normalized spacial score (nSPS) is 14.5. The van der Waals surface area contributed by atoms with E-state index in [2.05, 4.69) is 45.6 Å². The van der Waals surface area contributed by atoms with Gasteiger partial charge < -0.3 is 68.9 Å². The second-order valence-corrected chi connectivity index (χ2v) is 26.8. The van der Waals surface area contributed by atoms with E-state index in [4.69, 9.17) is 78.5 Å². The summed E-state index contributed by atoms with van der Waals surface area (Å²) in [6, 6.07) is 21.6. The van der Waals surface area contributed by atoms with Crippen LogP contribution in [0.4, 0.5) is 19.2 Å². The van der Waals surface area contributed by atoms with Crippen LogP contribution in [0.15, 0.2) is 110 Å². The highest BCUT2D eigenvalue weighted by molar-refractivity contribution is 6.31. The largest absolute Gasteiger partial charge is 0.519 e. The van der Waals surface area contributed by atoms with Gasteiger partial charge in [0, 0.05) is 94.8 Å². The molecule has 7 heterocycles. The maximum atomic E-state index is 11.9. The van der Waals surface area contributed by atoms with Crippen molar-refractivity contribution in [3.63, 3.8) is 0 Å². The predicted molar refractivity (Wildman–Crippen MR) is 376 cm³/mol. The van der Waals surface area contributed by atoms with Crippen molar-refractivity contribution in [3.05, 3.63) is 125 Å². The molecule has 0 spiro atoms. The Morgan fingerprint density at radius 3 is 1.07 bits per heavy atom. The summed E-state index contributed by atoms with van der Waals surface area (Å²) in [5.74, 6) is -0.423. The molecule has 6 aromatic rings. The van der Waals surface area contributed by atoms with E-state index in [-0.39, 0.29) is 61.3 Å². The van der Waals surface area contributed by atoms with Crippen molar-refractivity contribution in [1.82, 2.24) is 64.7 Å². The third-order valence-corrected chi connectivity index (χ3v) is 12.6. The number of nitrogens with zero attached hydrogens (tertiary/aromatic N) is 11. The molecule has 0 atom stereocenters. The summed E-state index contributed by atoms with van der Waals surface area (Å²) in [5.41, 5.74) is -0.0178. The number of aliphatic hydroxyl groups excluding tert-OH is 2. The minimum absolute atomic E-state index is 0. The van der Waals surface area contributed by atoms with E-state index >= 15 is 0 Å². The fraction of sp³-hybridized carbons (Fsp3) is 0.431. The molecule has 4 aliphatic heterocycles. The van der Waals surface area contributed by atoms with Gasteiger partial charge in [0.25, 0.3) is 0 Å². The highest BCUT2D eigenvalue weighted by Crippen LogP contribution is 2.23. The Bertz CT molecular complexity index is 3700. The quantitative estimate of drug-likeness (QED) is 0.0348. The summed E-state index contributed by atoms with van der Waals surface area (Å²) in [5, 5.41) is 46.1. The molecule has 4 aliphatic rings. The molecule has 2 amide bonds. The maximum Gasteiger partial charge on any atom is 0.519 e. The van der Waals surface area contributed by atoms with Gasteiger partial charge in [0.05, 0.1) is 38.4 Å². The van der Waals surface area contributed by atoms with Gasteiger partial charge in [-0.1, -0.05) is 71.2 Å². The van der Waals surface area contributed by atoms with Crippen LogP contribution in [0.3, 0.4) is 0 Å². The predicted octanol–water partition coefficient (Wildman–Crippen LogP) is 10.2. The Morgan fingerprint density at radius 2 is 0.790 bits per heavy atom. The molecule has 0 unspecified atom stereocenters. The summed E-state index contributed by atoms with van der Waals surface area (Å²) >= 11 is 17.7. The van der Waals surface area contributed by atoms with Gasteiger partial charge in [0.1, 0.15) is 53.6 Å². The van der Waals surface area contributed by atoms with Crippen LogP contribution in [-0.2, 0) is 47.5 Å². The lowest BCUT2D eigenvalue weighted by Gasteiger charge is -2.38. The summed E-state index contributed by atoms with van der Waals surface area (Å²) < 4.78 is 38.7. The van der Waals surface area contributed by atoms with Crippen LogP contribution in [-0.4, -0.2) is 211 Å². The molecule has 10 rings (SSSR count). The fourth-order valence-electron chi connectivity index (χ4n) is 7.29. The Balaban J connectivity index is 0.000000326. The maximum absolute atomic E-state index is 11.9. The zero-order valence-electron chi connectivity index (χ0n) is 57.0. The van der Waals surface area contributed by atoms with Gasteiger partial charge in [-0.15, -0.1) is 40.1 Å². The van der Waals surface area contributed by atoms with Crippen LogP contribution >= 0.6 is 59.6 Å². The molecule has 0 aliphatic carbocycles. The van der Waals surface area contributed by atoms with E-state index < -0.39 is 52.7 Å². The summed E-state index contributed by atoms with van der Waals surface area (Å²) in [6.07, 6.45) is 8.61. The number of carboxylic acid groups (broad SMARTS) is 1. The molecule has 100 heavy (non-hydrogen) atoms. The first-order valence-corrected chi connectivity index (χ1v) is 31.5. The van der Waals surface area contributed by atoms with Gasteiger partial charge in [-0.25, -0.2) is 62.6 Å². The SMILES string of the molecule is CC(C)(C)OC(=O)N1CC(O)C1.CC(C)(C)OC(=O)N1CC(OC(=O)/C=C\n2cnc(-c3cccc(Cl)c3)n2)C1.CC(C)(C)OC(=O)OC(=O)OC(C)(C)C.Cl.Cl.O=C(/C=C\n1cnc(-c2cccc(Cl)c2)n1)OC1CNC1.O=C(O)/C=C\n1cnc(-c2cccc(Cl)c2)n1.OC1CNC1. The first kappa shape index (κ1) is 85.5. The van der Waals surface area contributed by atoms with E-state index in [1.165, 1.54) is 73.6 Å². The highest BCUT2D eigenvalue weighted by Gasteiger charge is 2.36. The number of hydrogen-bond donors (Lipinski definition) is 5. The molecule has 3 aromatic heterocycles. The molecule has 35 heteroatoms. The van der Waals surface area contributed by atoms with Crippen molar-refractivity contribution in [2.24, 2.45) is 0 Å². The lowest BCUT2D eigenvalue weighted by Crippen LogP contribution is -2.56. The topological polar surface area (TPSA) is 367 Å². The third-order valence-electron chi connectivity index (χ3n) is 11.9. The molecule has 4 fully saturated rings. The average Bonchev–Trinajstić information content (AvgIpc) is 0.960. The minimum atomic E-state index is -1.06. The summed E-state index contributed by atoms with van der Waals surface area (Å²) in [6.45, 7) is 25.3. The van der Waals surface area contributed by atoms with Crippen LogP contribution in [0.25, 0.3) is 52.8 Å². The van der Waals surface area contributed by atoms with Crippen LogP contribution in [0.5, 0.6) is 0 Å². The molecular formula is C65H84Cl5N13O17. The Morgan fingerprint density at radius 1 is 0.470 bits per heavy atom. The Hall–Kier alpha value is -8.72. The van der Waals surface area contributed by atoms with Crippen LogP contribution < -0.4 is 10.6 Å². The molecule has 0 bridgehead atoms. The van der Waals surface area contributed by atoms with Crippen LogP contribution in [0.1, 0.15) is 83.1 Å². The molecule has 546 valence electrons. The molecule has 0 radical (unpaired) electrons. The van der Waals surface area contributed by atoms with Crippen molar-refractivity contribution >= 4 is 121 Å². The van der Waals surface area contributed by atoms with Crippen molar-refractivity contribution < 1.29 is 82.0 Å². The van der Waals surface area contributed by atoms with E-state index in [1.807, 2.05) is 51.1 Å². The number of β-amino-alcohol motifs (C(OH)–C–C–N with tert-alkyl or cyclic N) is 2. The van der Waals surface area contributed by atoms with Crippen LogP contribution in [0, 0.1) is 0 Å². The van der Waals surface area contributed by atoms with E-state index in [0.29, 0.717) is 71.8 Å². The lowest BCUT2D eigenvalue weighted by atomic mass is 10.2. The number of likely N-dealkylation sites (tertiary alicyclic amines) is 2. The molecule has 3 aromatic carbocycles. The number of aliphatic hydroxyl groups is 2. The number of carboxylic acids is 1. The minimum Gasteiger partial charge on any atom is -0.478 e. The third kappa shape index (κ3) is 33.9. The van der Waals surface area contributed by atoms with Gasteiger partial charge in [0.2, 0.25) is 0 Å². The number of ether oxygens (including phenoxy) is 7. The number of aliphatic carboxylic acids is 1.